The third kappa shape index (κ3) is 4.15. The summed E-state index contributed by atoms with van der Waals surface area (Å²) in [6.07, 6.45) is 1.82. The van der Waals surface area contributed by atoms with Crippen molar-refractivity contribution in [1.82, 2.24) is 9.99 Å². The van der Waals surface area contributed by atoms with Crippen LogP contribution in [0.3, 0.4) is 0 Å². The molecular weight excluding hydrogens is 374 g/mol. The van der Waals surface area contributed by atoms with E-state index in [-0.39, 0.29) is 0 Å². The quantitative estimate of drug-likeness (QED) is 0.456. The van der Waals surface area contributed by atoms with Crippen molar-refractivity contribution in [3.63, 3.8) is 0 Å². The fourth-order valence-corrected chi connectivity index (χ4v) is 3.39. The third-order valence-corrected chi connectivity index (χ3v) is 4.84. The minimum atomic E-state index is 0.585. The minimum absolute atomic E-state index is 0.585. The van der Waals surface area contributed by atoms with Gasteiger partial charge in [-0.1, -0.05) is 29.8 Å². The Morgan fingerprint density at radius 1 is 1.04 bits per heavy atom. The molecular formula is C22H24ClN3O2. The third-order valence-electron chi connectivity index (χ3n) is 4.61. The van der Waals surface area contributed by atoms with Crippen LogP contribution >= 0.6 is 11.6 Å². The molecule has 0 unspecified atom stereocenters. The molecule has 2 aromatic carbocycles. The number of hydrogen-bond acceptors (Lipinski definition) is 4. The number of benzene rings is 2. The topological polar surface area (TPSA) is 47.8 Å². The van der Waals surface area contributed by atoms with E-state index in [1.807, 2.05) is 55.6 Å². The monoisotopic (exact) mass is 397 g/mol. The average molecular weight is 398 g/mol. The van der Waals surface area contributed by atoms with Crippen LogP contribution in [0.25, 0.3) is 5.69 Å². The second kappa shape index (κ2) is 8.85. The van der Waals surface area contributed by atoms with Crippen molar-refractivity contribution in [3.05, 3.63) is 76.1 Å². The molecule has 0 aliphatic rings. The number of halogens is 1. The molecule has 3 aromatic rings. The normalized spacial score (nSPS) is 11.0. The molecule has 0 saturated carbocycles. The van der Waals surface area contributed by atoms with Gasteiger partial charge in [-0.2, -0.15) is 5.10 Å². The van der Waals surface area contributed by atoms with Crippen molar-refractivity contribution < 1.29 is 9.47 Å². The molecule has 1 N–H and O–H groups in total. The van der Waals surface area contributed by atoms with E-state index in [0.29, 0.717) is 11.6 Å². The van der Waals surface area contributed by atoms with Crippen molar-refractivity contribution in [3.8, 4) is 17.2 Å². The van der Waals surface area contributed by atoms with Crippen LogP contribution in [-0.2, 0) is 6.54 Å². The molecule has 28 heavy (non-hydrogen) atoms. The summed E-state index contributed by atoms with van der Waals surface area (Å²) in [6, 6.07) is 15.6. The number of hydrazone groups is 1. The van der Waals surface area contributed by atoms with Gasteiger partial charge in [0.2, 0.25) is 0 Å². The molecule has 3 rings (SSSR count). The van der Waals surface area contributed by atoms with Crippen molar-refractivity contribution >= 4 is 17.8 Å². The lowest BCUT2D eigenvalue weighted by atomic mass is 10.2. The summed E-state index contributed by atoms with van der Waals surface area (Å²) in [5.74, 6) is 1.61. The summed E-state index contributed by atoms with van der Waals surface area (Å²) in [5, 5.41) is 5.04. The second-order valence-corrected chi connectivity index (χ2v) is 6.82. The number of aryl methyl sites for hydroxylation is 1. The molecule has 0 saturated heterocycles. The molecule has 146 valence electrons. The number of para-hydroxylation sites is 1. The zero-order valence-corrected chi connectivity index (χ0v) is 17.2. The smallest absolute Gasteiger partial charge is 0.142 e. The number of aromatic nitrogens is 1. The molecule has 5 nitrogen and oxygen atoms in total. The molecule has 1 aromatic heterocycles. The van der Waals surface area contributed by atoms with Gasteiger partial charge < -0.3 is 19.5 Å². The van der Waals surface area contributed by atoms with Crippen LogP contribution in [0, 0.1) is 13.8 Å². The Hall–Kier alpha value is -2.92. The fraction of sp³-hybridized carbons (Fsp3) is 0.227. The molecule has 1 heterocycles. The largest absolute Gasteiger partial charge is 0.496 e. The highest BCUT2D eigenvalue weighted by Gasteiger charge is 2.14. The molecule has 0 radical (unpaired) electrons. The van der Waals surface area contributed by atoms with Gasteiger partial charge in [-0.3, -0.25) is 0 Å². The lowest BCUT2D eigenvalue weighted by Crippen LogP contribution is -2.07. The van der Waals surface area contributed by atoms with E-state index in [0.717, 1.165) is 39.7 Å². The lowest BCUT2D eigenvalue weighted by molar-refractivity contribution is 0.408. The highest BCUT2D eigenvalue weighted by molar-refractivity contribution is 6.30. The van der Waals surface area contributed by atoms with Crippen LogP contribution in [0.4, 0.5) is 0 Å². The zero-order valence-electron chi connectivity index (χ0n) is 16.5. The van der Waals surface area contributed by atoms with Crippen LogP contribution in [0.1, 0.15) is 22.5 Å². The Kier molecular flexibility index (Phi) is 6.26. The number of rotatable bonds is 7. The van der Waals surface area contributed by atoms with Gasteiger partial charge in [0.15, 0.2) is 0 Å². The maximum atomic E-state index is 6.21. The predicted molar refractivity (Wildman–Crippen MR) is 114 cm³/mol. The van der Waals surface area contributed by atoms with E-state index in [9.17, 15) is 0 Å². The van der Waals surface area contributed by atoms with E-state index in [4.69, 9.17) is 21.1 Å². The van der Waals surface area contributed by atoms with E-state index in [2.05, 4.69) is 28.1 Å². The van der Waals surface area contributed by atoms with E-state index in [1.165, 1.54) is 0 Å². The van der Waals surface area contributed by atoms with E-state index < -0.39 is 0 Å². The van der Waals surface area contributed by atoms with Gasteiger partial charge in [0.25, 0.3) is 0 Å². The zero-order chi connectivity index (χ0) is 20.1. The van der Waals surface area contributed by atoms with Gasteiger partial charge in [0, 0.05) is 27.5 Å². The molecule has 6 heteroatoms. The van der Waals surface area contributed by atoms with Gasteiger partial charge in [-0.05, 0) is 44.2 Å². The Morgan fingerprint density at radius 3 is 2.54 bits per heavy atom. The van der Waals surface area contributed by atoms with Crippen molar-refractivity contribution in [1.29, 1.82) is 0 Å². The van der Waals surface area contributed by atoms with Crippen molar-refractivity contribution in [2.24, 2.45) is 5.10 Å². The van der Waals surface area contributed by atoms with Crippen LogP contribution < -0.4 is 14.9 Å². The number of methoxy groups -OCH3 is 2. The summed E-state index contributed by atoms with van der Waals surface area (Å²) in [6.45, 7) is 4.68. The summed E-state index contributed by atoms with van der Waals surface area (Å²) in [5.41, 5.74) is 8.20. The first-order valence-corrected chi connectivity index (χ1v) is 9.33. The SMILES string of the molecule is COc1ccccc1CN/N=C\c1cc(C)n(-c2cc(Cl)ccc2OC)c1C. The fourth-order valence-electron chi connectivity index (χ4n) is 3.22. The molecule has 0 spiro atoms. The van der Waals surface area contributed by atoms with Crippen LogP contribution in [0.5, 0.6) is 11.5 Å². The Bertz CT molecular complexity index is 995. The first-order chi connectivity index (χ1) is 13.5. The molecule has 0 aliphatic heterocycles. The number of nitrogens with zero attached hydrogens (tertiary/aromatic N) is 2. The van der Waals surface area contributed by atoms with Gasteiger partial charge in [0.05, 0.1) is 32.7 Å². The van der Waals surface area contributed by atoms with Gasteiger partial charge in [-0.15, -0.1) is 0 Å². The Labute approximate surface area is 170 Å². The Morgan fingerprint density at radius 2 is 1.79 bits per heavy atom. The first-order valence-electron chi connectivity index (χ1n) is 8.95. The predicted octanol–water partition coefficient (Wildman–Crippen LogP) is 4.89. The molecule has 0 fully saturated rings. The average Bonchev–Trinajstić information content (AvgIpc) is 2.98. The van der Waals surface area contributed by atoms with Crippen molar-refractivity contribution in [2.75, 3.05) is 14.2 Å². The van der Waals surface area contributed by atoms with Gasteiger partial charge in [0.1, 0.15) is 11.5 Å². The molecule has 0 aliphatic carbocycles. The van der Waals surface area contributed by atoms with Crippen LogP contribution in [0.2, 0.25) is 5.02 Å². The number of hydrogen-bond donors (Lipinski definition) is 1. The summed E-state index contributed by atoms with van der Waals surface area (Å²) < 4.78 is 13.0. The minimum Gasteiger partial charge on any atom is -0.496 e. The van der Waals surface area contributed by atoms with E-state index >= 15 is 0 Å². The maximum Gasteiger partial charge on any atom is 0.142 e. The van der Waals surface area contributed by atoms with Gasteiger partial charge in [-0.25, -0.2) is 0 Å². The van der Waals surface area contributed by atoms with Crippen molar-refractivity contribution in [2.45, 2.75) is 20.4 Å². The molecule has 0 amide bonds. The standard InChI is InChI=1S/C22H24ClN3O2/c1-15-11-18(14-25-24-13-17-7-5-6-8-21(17)27-3)16(2)26(15)20-12-19(23)9-10-22(20)28-4/h5-12,14,24H,13H2,1-4H3/b25-14-. The Balaban J connectivity index is 1.81. The van der Waals surface area contributed by atoms with Crippen LogP contribution in [-0.4, -0.2) is 25.0 Å². The summed E-state index contributed by atoms with van der Waals surface area (Å²) in [4.78, 5) is 0. The van der Waals surface area contributed by atoms with Gasteiger partial charge >= 0.3 is 0 Å². The highest BCUT2D eigenvalue weighted by Crippen LogP contribution is 2.30. The molecule has 0 atom stereocenters. The lowest BCUT2D eigenvalue weighted by Gasteiger charge is -2.14. The van der Waals surface area contributed by atoms with E-state index in [1.54, 1.807) is 14.2 Å². The maximum absolute atomic E-state index is 6.21. The number of ether oxygens (including phenoxy) is 2. The molecule has 0 bridgehead atoms. The summed E-state index contributed by atoms with van der Waals surface area (Å²) >= 11 is 6.21. The second-order valence-electron chi connectivity index (χ2n) is 6.38. The summed E-state index contributed by atoms with van der Waals surface area (Å²) in [7, 11) is 3.33. The van der Waals surface area contributed by atoms with Crippen LogP contribution in [0.15, 0.2) is 53.6 Å². The number of nitrogens with one attached hydrogen (secondary N) is 1. The first kappa shape index (κ1) is 19.8. The highest BCUT2D eigenvalue weighted by atomic mass is 35.5.